The van der Waals surface area contributed by atoms with Crippen LogP contribution in [0.2, 0.25) is 0 Å². The normalized spacial score (nSPS) is 13.8. The van der Waals surface area contributed by atoms with E-state index in [1.54, 1.807) is 0 Å². The van der Waals surface area contributed by atoms with Crippen LogP contribution in [0.1, 0.15) is 48.6 Å². The minimum atomic E-state index is -0.400. The van der Waals surface area contributed by atoms with Gasteiger partial charge in [-0.25, -0.2) is 0 Å². The molecule has 0 atom stereocenters. The lowest BCUT2D eigenvalue weighted by molar-refractivity contribution is 0.595. The number of furan rings is 1. The summed E-state index contributed by atoms with van der Waals surface area (Å²) < 4.78 is 7.09. The fraction of sp³-hybridized carbons (Fsp3) is 0.0909. The summed E-state index contributed by atoms with van der Waals surface area (Å²) in [6.07, 6.45) is 0. The van der Waals surface area contributed by atoms with Crippen molar-refractivity contribution in [2.24, 2.45) is 0 Å². The van der Waals surface area contributed by atoms with E-state index < -0.39 is 5.41 Å². The van der Waals surface area contributed by atoms with Gasteiger partial charge in [0.2, 0.25) is 0 Å². The molecule has 0 saturated heterocycles. The van der Waals surface area contributed by atoms with E-state index in [-0.39, 0.29) is 5.41 Å². The van der Waals surface area contributed by atoms with Crippen LogP contribution in [0.25, 0.3) is 88.0 Å². The van der Waals surface area contributed by atoms with Gasteiger partial charge >= 0.3 is 0 Å². The summed E-state index contributed by atoms with van der Waals surface area (Å²) in [4.78, 5) is 0. The van der Waals surface area contributed by atoms with E-state index in [1.165, 1.54) is 93.5 Å². The number of hydrogen-bond acceptors (Lipinski definition) is 1. The van der Waals surface area contributed by atoms with Gasteiger partial charge < -0.3 is 4.42 Å². The predicted molar refractivity (Wildman–Crippen MR) is 235 cm³/mol. The molecule has 0 N–H and O–H groups in total. The molecule has 264 valence electrons. The Labute approximate surface area is 326 Å². The first-order valence-corrected chi connectivity index (χ1v) is 19.8. The largest absolute Gasteiger partial charge is 0.455 e. The van der Waals surface area contributed by atoms with Gasteiger partial charge in [-0.05, 0) is 112 Å². The lowest BCUT2D eigenvalue weighted by Crippen LogP contribution is -2.25. The van der Waals surface area contributed by atoms with E-state index in [9.17, 15) is 0 Å². The Morgan fingerprint density at radius 2 is 0.857 bits per heavy atom. The molecule has 0 bridgehead atoms. The highest BCUT2D eigenvalue weighted by Gasteiger charge is 2.51. The summed E-state index contributed by atoms with van der Waals surface area (Å²) in [5.74, 6) is 0.906. The lowest BCUT2D eigenvalue weighted by atomic mass is 9.70. The van der Waals surface area contributed by atoms with Crippen LogP contribution >= 0.6 is 0 Å². The zero-order valence-electron chi connectivity index (χ0n) is 31.7. The third-order valence-electron chi connectivity index (χ3n) is 12.8. The van der Waals surface area contributed by atoms with Crippen molar-refractivity contribution < 1.29 is 4.42 Å². The second-order valence-corrected chi connectivity index (χ2v) is 16.7. The highest BCUT2D eigenvalue weighted by atomic mass is 16.3. The van der Waals surface area contributed by atoms with E-state index in [4.69, 9.17) is 4.42 Å². The molecule has 9 aromatic carbocycles. The van der Waals surface area contributed by atoms with Gasteiger partial charge in [0.25, 0.3) is 0 Å². The third-order valence-corrected chi connectivity index (χ3v) is 12.8. The highest BCUT2D eigenvalue weighted by molar-refractivity contribution is 6.22. The molecule has 1 heteroatoms. The van der Waals surface area contributed by atoms with Crippen LogP contribution in [-0.4, -0.2) is 0 Å². The van der Waals surface area contributed by atoms with Gasteiger partial charge in [0, 0.05) is 16.3 Å². The second-order valence-electron chi connectivity index (χ2n) is 16.7. The summed E-state index contributed by atoms with van der Waals surface area (Å²) >= 11 is 0. The quantitative estimate of drug-likeness (QED) is 0.163. The molecule has 0 fully saturated rings. The monoisotopic (exact) mass is 714 g/mol. The molecule has 1 spiro atoms. The van der Waals surface area contributed by atoms with Crippen molar-refractivity contribution in [2.75, 3.05) is 0 Å². The van der Waals surface area contributed by atoms with E-state index in [0.717, 1.165) is 22.3 Å². The molecule has 0 radical (unpaired) electrons. The standard InChI is InChI=1S/C55H38O/c1-54(2,3)48-30-33-16-4-5-17-35(33)53-44(48)32-50(56-53)52-42-23-8-6-21-40(42)51(41-22-7-9-24-43(41)52)34-28-29-39-38-20-12-15-27-47(38)55(49(39)31-34)45-25-13-10-18-36(45)37-19-11-14-26-46(37)55/h4-32H,1-3H3. The SMILES string of the molecule is CC(C)(C)c1cc2ccccc2c2oc(-c3c4ccccc4c(-c4ccc5c(c4)C4(c6ccccc6-c6ccccc64)c4ccccc4-5)c4ccccc34)cc12. The molecule has 1 nitrogen and oxygen atoms in total. The maximum atomic E-state index is 7.09. The van der Waals surface area contributed by atoms with Crippen LogP contribution in [0.15, 0.2) is 180 Å². The van der Waals surface area contributed by atoms with E-state index in [1.807, 2.05) is 0 Å². The summed E-state index contributed by atoms with van der Waals surface area (Å²) in [5.41, 5.74) is 16.1. The van der Waals surface area contributed by atoms with E-state index in [2.05, 4.69) is 197 Å². The van der Waals surface area contributed by atoms with Crippen LogP contribution in [0.3, 0.4) is 0 Å². The average Bonchev–Trinajstić information content (AvgIpc) is 3.89. The summed E-state index contributed by atoms with van der Waals surface area (Å²) in [7, 11) is 0. The topological polar surface area (TPSA) is 13.1 Å². The van der Waals surface area contributed by atoms with Gasteiger partial charge in [-0.3, -0.25) is 0 Å². The molecule has 10 aromatic rings. The Morgan fingerprint density at radius 1 is 0.393 bits per heavy atom. The van der Waals surface area contributed by atoms with Crippen LogP contribution in [0, 0.1) is 0 Å². The summed E-state index contributed by atoms with van der Waals surface area (Å²) in [5, 5.41) is 8.37. The van der Waals surface area contributed by atoms with E-state index >= 15 is 0 Å². The zero-order valence-corrected chi connectivity index (χ0v) is 31.7. The first-order valence-electron chi connectivity index (χ1n) is 19.8. The van der Waals surface area contributed by atoms with Gasteiger partial charge in [0.1, 0.15) is 11.3 Å². The van der Waals surface area contributed by atoms with Crippen molar-refractivity contribution in [3.8, 4) is 44.7 Å². The maximum absolute atomic E-state index is 7.09. The summed E-state index contributed by atoms with van der Waals surface area (Å²) in [6, 6.07) is 65.6. The fourth-order valence-corrected chi connectivity index (χ4v) is 10.6. The fourth-order valence-electron chi connectivity index (χ4n) is 10.6. The summed E-state index contributed by atoms with van der Waals surface area (Å²) in [6.45, 7) is 6.89. The molecule has 1 heterocycles. The van der Waals surface area contributed by atoms with E-state index in [0.29, 0.717) is 0 Å². The van der Waals surface area contributed by atoms with Crippen molar-refractivity contribution in [3.05, 3.63) is 204 Å². The van der Waals surface area contributed by atoms with Crippen molar-refractivity contribution in [3.63, 3.8) is 0 Å². The minimum absolute atomic E-state index is 0.0532. The number of rotatable bonds is 2. The molecule has 0 aliphatic heterocycles. The Kier molecular flexibility index (Phi) is 6.32. The molecule has 12 rings (SSSR count). The Hall–Kier alpha value is -6.70. The first-order chi connectivity index (χ1) is 27.4. The van der Waals surface area contributed by atoms with Crippen molar-refractivity contribution in [1.29, 1.82) is 0 Å². The minimum Gasteiger partial charge on any atom is -0.455 e. The van der Waals surface area contributed by atoms with Gasteiger partial charge in [0.05, 0.1) is 5.41 Å². The molecular formula is C55H38O. The highest BCUT2D eigenvalue weighted by Crippen LogP contribution is 2.63. The number of fused-ring (bicyclic) bond motifs is 15. The van der Waals surface area contributed by atoms with Crippen LogP contribution in [0.5, 0.6) is 0 Å². The molecule has 2 aliphatic rings. The Bertz CT molecular complexity index is 3170. The first kappa shape index (κ1) is 31.6. The van der Waals surface area contributed by atoms with Crippen molar-refractivity contribution in [2.45, 2.75) is 31.6 Å². The Balaban J connectivity index is 1.16. The zero-order chi connectivity index (χ0) is 37.3. The van der Waals surface area contributed by atoms with Crippen LogP contribution in [0.4, 0.5) is 0 Å². The van der Waals surface area contributed by atoms with Crippen LogP contribution in [-0.2, 0) is 10.8 Å². The third kappa shape index (κ3) is 4.05. The Morgan fingerprint density at radius 3 is 1.41 bits per heavy atom. The average molecular weight is 715 g/mol. The second kappa shape index (κ2) is 11.2. The van der Waals surface area contributed by atoms with Crippen LogP contribution < -0.4 is 0 Å². The molecular weight excluding hydrogens is 677 g/mol. The number of benzene rings is 9. The maximum Gasteiger partial charge on any atom is 0.142 e. The van der Waals surface area contributed by atoms with Crippen molar-refractivity contribution in [1.82, 2.24) is 0 Å². The molecule has 1 aromatic heterocycles. The molecule has 0 amide bonds. The van der Waals surface area contributed by atoms with Gasteiger partial charge in [-0.2, -0.15) is 0 Å². The number of hydrogen-bond donors (Lipinski definition) is 0. The smallest absolute Gasteiger partial charge is 0.142 e. The predicted octanol–water partition coefficient (Wildman–Crippen LogP) is 14.9. The molecule has 0 unspecified atom stereocenters. The molecule has 2 aliphatic carbocycles. The molecule has 56 heavy (non-hydrogen) atoms. The van der Waals surface area contributed by atoms with Crippen molar-refractivity contribution >= 4 is 43.3 Å². The molecule has 0 saturated carbocycles. The van der Waals surface area contributed by atoms with Gasteiger partial charge in [-0.15, -0.1) is 0 Å². The van der Waals surface area contributed by atoms with Gasteiger partial charge in [-0.1, -0.05) is 178 Å². The van der Waals surface area contributed by atoms with Gasteiger partial charge in [0.15, 0.2) is 0 Å². The lowest BCUT2D eigenvalue weighted by Gasteiger charge is -2.30.